The summed E-state index contributed by atoms with van der Waals surface area (Å²) in [5, 5.41) is 12.0. The van der Waals surface area contributed by atoms with Crippen LogP contribution in [0.15, 0.2) is 36.0 Å². The standard InChI is InChI=1S/C23H23N3O7/c1-12-18(22(30)32-3)20(19(13(2)24-12)23(31)33-4)14-6-5-7-15(10-14)25-16-11-17(28)26(8-9-27)21(16)29/h5-7,10-11,25,27H,8-9H2,1-4H3. The second-order valence-corrected chi connectivity index (χ2v) is 7.17. The lowest BCUT2D eigenvalue weighted by atomic mass is 9.92. The summed E-state index contributed by atoms with van der Waals surface area (Å²) in [5.41, 5.74) is 2.20. The second-order valence-electron chi connectivity index (χ2n) is 7.17. The number of aryl methyl sites for hydroxylation is 2. The van der Waals surface area contributed by atoms with Crippen LogP contribution in [0.1, 0.15) is 32.1 Å². The molecule has 0 bridgehead atoms. The Morgan fingerprint density at radius 2 is 1.67 bits per heavy atom. The number of carbonyl (C=O) groups excluding carboxylic acids is 4. The van der Waals surface area contributed by atoms with Gasteiger partial charge in [0.2, 0.25) is 0 Å². The van der Waals surface area contributed by atoms with Crippen molar-refractivity contribution in [3.05, 3.63) is 58.6 Å². The fraction of sp³-hybridized carbons (Fsp3) is 0.261. The molecule has 0 spiro atoms. The van der Waals surface area contributed by atoms with Crippen molar-refractivity contribution >= 4 is 29.4 Å². The maximum absolute atomic E-state index is 12.6. The molecule has 1 aromatic carbocycles. The van der Waals surface area contributed by atoms with Gasteiger partial charge in [0.1, 0.15) is 5.70 Å². The number of carbonyl (C=O) groups is 4. The van der Waals surface area contributed by atoms with Crippen LogP contribution in [0.5, 0.6) is 0 Å². The molecule has 1 aromatic heterocycles. The van der Waals surface area contributed by atoms with Gasteiger partial charge in [0.05, 0.1) is 49.9 Å². The van der Waals surface area contributed by atoms with Crippen molar-refractivity contribution < 1.29 is 33.8 Å². The van der Waals surface area contributed by atoms with Gasteiger partial charge in [-0.3, -0.25) is 19.5 Å². The van der Waals surface area contributed by atoms with Crippen molar-refractivity contribution in [1.82, 2.24) is 9.88 Å². The predicted molar refractivity (Wildman–Crippen MR) is 117 cm³/mol. The fourth-order valence-electron chi connectivity index (χ4n) is 3.66. The molecule has 1 aliphatic rings. The van der Waals surface area contributed by atoms with Crippen molar-refractivity contribution in [2.75, 3.05) is 32.7 Å². The van der Waals surface area contributed by atoms with Gasteiger partial charge in [0.15, 0.2) is 0 Å². The molecule has 10 heteroatoms. The summed E-state index contributed by atoms with van der Waals surface area (Å²) in [5.74, 6) is -2.44. The highest BCUT2D eigenvalue weighted by molar-refractivity contribution is 6.17. The Hall–Kier alpha value is -4.05. The highest BCUT2D eigenvalue weighted by Gasteiger charge is 2.31. The molecule has 0 radical (unpaired) electrons. The summed E-state index contributed by atoms with van der Waals surface area (Å²) in [6, 6.07) is 6.64. The van der Waals surface area contributed by atoms with E-state index in [0.717, 1.165) is 11.0 Å². The van der Waals surface area contributed by atoms with E-state index in [4.69, 9.17) is 14.6 Å². The van der Waals surface area contributed by atoms with Gasteiger partial charge in [-0.1, -0.05) is 12.1 Å². The van der Waals surface area contributed by atoms with Crippen LogP contribution in [0.4, 0.5) is 5.69 Å². The zero-order valence-corrected chi connectivity index (χ0v) is 18.6. The van der Waals surface area contributed by atoms with Crippen LogP contribution in [0.3, 0.4) is 0 Å². The molecule has 0 aliphatic carbocycles. The molecule has 0 fully saturated rings. The van der Waals surface area contributed by atoms with Gasteiger partial charge in [-0.2, -0.15) is 0 Å². The summed E-state index contributed by atoms with van der Waals surface area (Å²) in [6.45, 7) is 2.81. The molecular formula is C23H23N3O7. The molecule has 0 saturated carbocycles. The summed E-state index contributed by atoms with van der Waals surface area (Å²) in [6.07, 6.45) is 1.14. The summed E-state index contributed by atoms with van der Waals surface area (Å²) in [7, 11) is 2.46. The third-order valence-corrected chi connectivity index (χ3v) is 5.10. The highest BCUT2D eigenvalue weighted by Crippen LogP contribution is 2.34. The van der Waals surface area contributed by atoms with Gasteiger partial charge >= 0.3 is 11.9 Å². The van der Waals surface area contributed by atoms with Gasteiger partial charge in [-0.15, -0.1) is 0 Å². The summed E-state index contributed by atoms with van der Waals surface area (Å²) >= 11 is 0. The van der Waals surface area contributed by atoms with E-state index >= 15 is 0 Å². The number of methoxy groups -OCH3 is 2. The molecule has 10 nitrogen and oxygen atoms in total. The average molecular weight is 453 g/mol. The van der Waals surface area contributed by atoms with Crippen LogP contribution < -0.4 is 5.32 Å². The second kappa shape index (κ2) is 9.61. The number of benzene rings is 1. The molecule has 3 rings (SSSR count). The number of esters is 2. The van der Waals surface area contributed by atoms with Crippen LogP contribution in [0.2, 0.25) is 0 Å². The van der Waals surface area contributed by atoms with E-state index in [1.807, 2.05) is 0 Å². The number of aliphatic hydroxyl groups is 1. The topological polar surface area (TPSA) is 135 Å². The molecule has 2 aromatic rings. The van der Waals surface area contributed by atoms with E-state index in [-0.39, 0.29) is 35.5 Å². The smallest absolute Gasteiger partial charge is 0.340 e. The van der Waals surface area contributed by atoms with Crippen LogP contribution in [0.25, 0.3) is 11.1 Å². The molecular weight excluding hydrogens is 430 g/mol. The van der Waals surface area contributed by atoms with Crippen molar-refractivity contribution in [2.24, 2.45) is 0 Å². The van der Waals surface area contributed by atoms with Crippen LogP contribution in [-0.4, -0.2) is 66.1 Å². The minimum absolute atomic E-state index is 0.0362. The molecule has 2 heterocycles. The maximum atomic E-state index is 12.6. The molecule has 0 saturated heterocycles. The number of rotatable bonds is 7. The van der Waals surface area contributed by atoms with E-state index in [2.05, 4.69) is 10.3 Å². The minimum atomic E-state index is -0.669. The largest absolute Gasteiger partial charge is 0.465 e. The third-order valence-electron chi connectivity index (χ3n) is 5.10. The number of amides is 2. The summed E-state index contributed by atoms with van der Waals surface area (Å²) < 4.78 is 9.84. The number of nitrogens with one attached hydrogen (secondary N) is 1. The van der Waals surface area contributed by atoms with Crippen LogP contribution in [0, 0.1) is 13.8 Å². The zero-order valence-electron chi connectivity index (χ0n) is 18.6. The van der Waals surface area contributed by atoms with Crippen LogP contribution >= 0.6 is 0 Å². The molecule has 2 amide bonds. The maximum Gasteiger partial charge on any atom is 0.340 e. The highest BCUT2D eigenvalue weighted by atomic mass is 16.5. The first kappa shape index (κ1) is 23.6. The minimum Gasteiger partial charge on any atom is -0.465 e. The number of aromatic nitrogens is 1. The Bertz CT molecular complexity index is 1150. The fourth-order valence-corrected chi connectivity index (χ4v) is 3.66. The Morgan fingerprint density at radius 1 is 1.06 bits per heavy atom. The third kappa shape index (κ3) is 4.46. The Labute approximate surface area is 189 Å². The lowest BCUT2D eigenvalue weighted by Gasteiger charge is -2.18. The first-order chi connectivity index (χ1) is 15.7. The lowest BCUT2D eigenvalue weighted by molar-refractivity contribution is -0.137. The van der Waals surface area contributed by atoms with Crippen molar-refractivity contribution in [1.29, 1.82) is 0 Å². The zero-order chi connectivity index (χ0) is 24.3. The van der Waals surface area contributed by atoms with Crippen molar-refractivity contribution in [3.63, 3.8) is 0 Å². The Morgan fingerprint density at radius 3 is 2.21 bits per heavy atom. The van der Waals surface area contributed by atoms with Gasteiger partial charge in [-0.05, 0) is 31.5 Å². The quantitative estimate of drug-likeness (QED) is 0.473. The normalized spacial score (nSPS) is 13.1. The molecule has 2 N–H and O–H groups in total. The van der Waals surface area contributed by atoms with Gasteiger partial charge < -0.3 is 19.9 Å². The molecule has 0 unspecified atom stereocenters. The monoisotopic (exact) mass is 453 g/mol. The van der Waals surface area contributed by atoms with E-state index in [1.165, 1.54) is 14.2 Å². The molecule has 172 valence electrons. The Balaban J connectivity index is 2.12. The SMILES string of the molecule is COC(=O)c1c(C)nc(C)c(C(=O)OC)c1-c1cccc(NC2=CC(=O)N(CCO)C2=O)c1. The average Bonchev–Trinajstić information content (AvgIpc) is 3.05. The molecule has 0 atom stereocenters. The Kier molecular flexibility index (Phi) is 6.88. The number of aliphatic hydroxyl groups excluding tert-OH is 1. The number of anilines is 1. The number of ether oxygens (including phenoxy) is 2. The number of nitrogens with zero attached hydrogens (tertiary/aromatic N) is 2. The predicted octanol–water partition coefficient (Wildman–Crippen LogP) is 1.60. The van der Waals surface area contributed by atoms with Gasteiger partial charge in [0.25, 0.3) is 11.8 Å². The first-order valence-corrected chi connectivity index (χ1v) is 9.97. The van der Waals surface area contributed by atoms with Crippen LogP contribution in [-0.2, 0) is 19.1 Å². The number of pyridine rings is 1. The lowest BCUT2D eigenvalue weighted by Crippen LogP contribution is -2.34. The first-order valence-electron chi connectivity index (χ1n) is 9.97. The number of β-amino-alcohol motifs (C(OH)–C–C–N with tert-alkyl or cyclic N) is 1. The number of hydrogen-bond donors (Lipinski definition) is 2. The van der Waals surface area contributed by atoms with E-state index in [0.29, 0.717) is 22.6 Å². The van der Waals surface area contributed by atoms with Crippen molar-refractivity contribution in [3.8, 4) is 11.1 Å². The van der Waals surface area contributed by atoms with Gasteiger partial charge in [-0.25, -0.2) is 9.59 Å². The molecule has 1 aliphatic heterocycles. The number of imide groups is 1. The van der Waals surface area contributed by atoms with Crippen molar-refractivity contribution in [2.45, 2.75) is 13.8 Å². The van der Waals surface area contributed by atoms with E-state index < -0.39 is 23.8 Å². The van der Waals surface area contributed by atoms with E-state index in [1.54, 1.807) is 38.1 Å². The van der Waals surface area contributed by atoms with E-state index in [9.17, 15) is 19.2 Å². The van der Waals surface area contributed by atoms with Gasteiger partial charge in [0, 0.05) is 17.3 Å². The molecule has 33 heavy (non-hydrogen) atoms. The summed E-state index contributed by atoms with van der Waals surface area (Å²) in [4.78, 5) is 54.9. The number of hydrogen-bond acceptors (Lipinski definition) is 9.